The zero-order valence-corrected chi connectivity index (χ0v) is 23.3. The smallest absolute Gasteiger partial charge is 0.312 e. The molecule has 0 spiro atoms. The summed E-state index contributed by atoms with van der Waals surface area (Å²) >= 11 is 2.70. The van der Waals surface area contributed by atoms with E-state index in [0.29, 0.717) is 51.3 Å². The number of hydrogen-bond acceptors (Lipinski definition) is 6. The van der Waals surface area contributed by atoms with Crippen LogP contribution in [-0.4, -0.2) is 30.1 Å². The average Bonchev–Trinajstić information content (AvgIpc) is 3.51. The van der Waals surface area contributed by atoms with Crippen LogP contribution < -0.4 is 4.90 Å². The highest BCUT2D eigenvalue weighted by molar-refractivity contribution is 7.98. The third-order valence-corrected chi connectivity index (χ3v) is 8.99. The molecule has 0 unspecified atom stereocenters. The normalized spacial score (nSPS) is 13.3. The molecule has 1 saturated heterocycles. The number of aryl methyl sites for hydroxylation is 1. The largest absolute Gasteiger partial charge is 0.469 e. The number of nitrogens with zero attached hydrogens (tertiary/aromatic N) is 3. The van der Waals surface area contributed by atoms with Gasteiger partial charge in [0, 0.05) is 45.7 Å². The van der Waals surface area contributed by atoms with Gasteiger partial charge in [-0.25, -0.2) is 8.78 Å². The summed E-state index contributed by atoms with van der Waals surface area (Å²) in [4.78, 5) is 15.3. The van der Waals surface area contributed by atoms with Gasteiger partial charge >= 0.3 is 5.97 Å². The van der Waals surface area contributed by atoms with Crippen molar-refractivity contribution in [3.63, 3.8) is 0 Å². The Bertz CT molecular complexity index is 1800. The number of fused-ring (bicyclic) bond motifs is 1. The molecule has 5 aromatic rings. The lowest BCUT2D eigenvalue weighted by molar-refractivity contribution is -0.146. The van der Waals surface area contributed by atoms with Crippen molar-refractivity contribution in [2.75, 3.05) is 25.1 Å². The quantitative estimate of drug-likeness (QED) is 0.196. The van der Waals surface area contributed by atoms with E-state index in [1.54, 1.807) is 18.2 Å². The maximum atomic E-state index is 15.8. The number of ether oxygens (including phenoxy) is 1. The third kappa shape index (κ3) is 4.53. The van der Waals surface area contributed by atoms with Crippen LogP contribution in [0.1, 0.15) is 10.4 Å². The highest BCUT2D eigenvalue weighted by Crippen LogP contribution is 2.47. The number of hydrogen-bond donors (Lipinski definition) is 0. The summed E-state index contributed by atoms with van der Waals surface area (Å²) in [7, 11) is 1.37. The number of halogens is 2. The lowest BCUT2D eigenvalue weighted by Gasteiger charge is -2.39. The Labute approximate surface area is 238 Å². The van der Waals surface area contributed by atoms with Crippen molar-refractivity contribution in [2.45, 2.75) is 11.8 Å². The molecule has 3 heterocycles. The molecule has 6 rings (SSSR count). The van der Waals surface area contributed by atoms with E-state index in [4.69, 9.17) is 4.74 Å². The number of methoxy groups -OCH3 is 1. The molecular weight excluding hydrogens is 548 g/mol. The predicted octanol–water partition coefficient (Wildman–Crippen LogP) is 7.66. The van der Waals surface area contributed by atoms with Gasteiger partial charge in [-0.05, 0) is 78.8 Å². The van der Waals surface area contributed by atoms with Gasteiger partial charge in [-0.3, -0.25) is 8.77 Å². The highest BCUT2D eigenvalue weighted by Gasteiger charge is 2.34. The Balaban J connectivity index is 1.59. The van der Waals surface area contributed by atoms with Crippen LogP contribution in [0.15, 0.2) is 77.0 Å². The first-order valence-corrected chi connectivity index (χ1v) is 14.2. The monoisotopic (exact) mass is 571 g/mol. The van der Waals surface area contributed by atoms with Crippen molar-refractivity contribution in [3.05, 3.63) is 94.2 Å². The van der Waals surface area contributed by atoms with E-state index in [1.807, 2.05) is 51.5 Å². The maximum absolute atomic E-state index is 15.8. The van der Waals surface area contributed by atoms with Crippen LogP contribution >= 0.6 is 23.3 Å². The topological polar surface area (TPSA) is 58.3 Å². The molecule has 1 aliphatic heterocycles. The van der Waals surface area contributed by atoms with Crippen LogP contribution in [0.25, 0.3) is 33.3 Å². The fourth-order valence-corrected chi connectivity index (χ4v) is 6.74. The molecule has 0 N–H and O–H groups in total. The summed E-state index contributed by atoms with van der Waals surface area (Å²) in [5, 5.41) is 12.3. The summed E-state index contributed by atoms with van der Waals surface area (Å²) in [6.07, 6.45) is 0. The summed E-state index contributed by atoms with van der Waals surface area (Å²) in [6, 6.07) is 21.4. The molecule has 0 atom stereocenters. The molecule has 40 heavy (non-hydrogen) atoms. The number of rotatable bonds is 6. The minimum atomic E-state index is -0.446. The number of anilines is 1. The van der Waals surface area contributed by atoms with Crippen LogP contribution in [-0.2, 0) is 9.53 Å². The molecule has 0 bridgehead atoms. The van der Waals surface area contributed by atoms with Crippen molar-refractivity contribution in [1.82, 2.24) is 3.97 Å². The Kier molecular flexibility index (Phi) is 6.82. The van der Waals surface area contributed by atoms with Crippen molar-refractivity contribution < 1.29 is 18.3 Å². The van der Waals surface area contributed by atoms with Crippen molar-refractivity contribution in [2.24, 2.45) is 5.92 Å². The van der Waals surface area contributed by atoms with Gasteiger partial charge in [-0.1, -0.05) is 17.7 Å². The molecule has 0 saturated carbocycles. The number of nitriles is 1. The van der Waals surface area contributed by atoms with Crippen LogP contribution in [0.3, 0.4) is 0 Å². The fourth-order valence-electron chi connectivity index (χ4n) is 5.04. The van der Waals surface area contributed by atoms with Gasteiger partial charge in [0.05, 0.1) is 24.2 Å². The van der Waals surface area contributed by atoms with Crippen molar-refractivity contribution in [3.8, 4) is 28.5 Å². The molecular formula is C31H23F2N3O2S2. The SMILES string of the molecule is COC(=O)C1CN(c2ccc(F)c(-c3c(-c4ccsc4C#N)c4cc(F)ccc4n3Sc3ccc(C)cc3)c2)C1. The number of thiophene rings is 1. The van der Waals surface area contributed by atoms with Gasteiger partial charge in [0.2, 0.25) is 0 Å². The molecule has 9 heteroatoms. The van der Waals surface area contributed by atoms with E-state index < -0.39 is 11.6 Å². The van der Waals surface area contributed by atoms with E-state index in [-0.39, 0.29) is 11.9 Å². The molecule has 200 valence electrons. The first kappa shape index (κ1) is 26.1. The van der Waals surface area contributed by atoms with Gasteiger partial charge in [-0.15, -0.1) is 11.3 Å². The predicted molar refractivity (Wildman–Crippen MR) is 155 cm³/mol. The average molecular weight is 572 g/mol. The number of esters is 1. The standard InChI is InChI=1S/C31H23F2N3O2S2/c1-18-3-7-22(8-4-18)40-36-27-10-5-20(32)13-25(27)29(23-11-12-39-28(23)15-34)30(36)24-14-21(6-9-26(24)33)35-16-19(17-35)31(37)38-2/h3-14,19H,16-17H2,1-2H3. The number of aromatic nitrogens is 1. The Morgan fingerprint density at radius 2 is 1.82 bits per heavy atom. The second-order valence-electron chi connectivity index (χ2n) is 9.65. The van der Waals surface area contributed by atoms with Crippen LogP contribution in [0.2, 0.25) is 0 Å². The van der Waals surface area contributed by atoms with Crippen LogP contribution in [0, 0.1) is 35.8 Å². The Hall–Kier alpha value is -4.13. The van der Waals surface area contributed by atoms with E-state index in [1.165, 1.54) is 48.6 Å². The zero-order valence-electron chi connectivity index (χ0n) is 21.7. The van der Waals surface area contributed by atoms with E-state index in [2.05, 4.69) is 6.07 Å². The second kappa shape index (κ2) is 10.5. The Morgan fingerprint density at radius 3 is 2.55 bits per heavy atom. The molecule has 1 fully saturated rings. The van der Waals surface area contributed by atoms with E-state index in [0.717, 1.165) is 16.1 Å². The van der Waals surface area contributed by atoms with Crippen molar-refractivity contribution in [1.29, 1.82) is 5.26 Å². The van der Waals surface area contributed by atoms with E-state index >= 15 is 4.39 Å². The molecule has 0 aliphatic carbocycles. The molecule has 5 nitrogen and oxygen atoms in total. The van der Waals surface area contributed by atoms with Gasteiger partial charge in [0.1, 0.15) is 22.6 Å². The van der Waals surface area contributed by atoms with Gasteiger partial charge in [0.25, 0.3) is 0 Å². The highest BCUT2D eigenvalue weighted by atomic mass is 32.2. The summed E-state index contributed by atoms with van der Waals surface area (Å²) in [5.74, 6) is -1.36. The van der Waals surface area contributed by atoms with Gasteiger partial charge < -0.3 is 9.64 Å². The van der Waals surface area contributed by atoms with Gasteiger partial charge in [0.15, 0.2) is 0 Å². The summed E-state index contributed by atoms with van der Waals surface area (Å²) < 4.78 is 37.3. The molecule has 3 aromatic carbocycles. The summed E-state index contributed by atoms with van der Waals surface area (Å²) in [5.41, 5.74) is 4.65. The first-order chi connectivity index (χ1) is 19.4. The maximum Gasteiger partial charge on any atom is 0.312 e. The molecule has 1 aliphatic rings. The van der Waals surface area contributed by atoms with Crippen LogP contribution in [0.5, 0.6) is 0 Å². The minimum absolute atomic E-state index is 0.232. The third-order valence-electron chi connectivity index (χ3n) is 7.13. The zero-order chi connectivity index (χ0) is 28.0. The van der Waals surface area contributed by atoms with Crippen LogP contribution in [0.4, 0.5) is 14.5 Å². The lowest BCUT2D eigenvalue weighted by Crippen LogP contribution is -2.50. The molecule has 2 aromatic heterocycles. The van der Waals surface area contributed by atoms with E-state index in [9.17, 15) is 14.4 Å². The number of carbonyl (C=O) groups is 1. The first-order valence-electron chi connectivity index (χ1n) is 12.6. The molecule has 0 radical (unpaired) electrons. The summed E-state index contributed by atoms with van der Waals surface area (Å²) in [6.45, 7) is 2.95. The Morgan fingerprint density at radius 1 is 1.05 bits per heavy atom. The second-order valence-corrected chi connectivity index (χ2v) is 11.6. The number of carbonyl (C=O) groups excluding carboxylic acids is 1. The fraction of sp³-hybridized carbons (Fsp3) is 0.161. The lowest BCUT2D eigenvalue weighted by atomic mass is 9.96. The van der Waals surface area contributed by atoms with Gasteiger partial charge in [-0.2, -0.15) is 5.26 Å². The van der Waals surface area contributed by atoms with Crippen molar-refractivity contribution >= 4 is 45.8 Å². The number of benzene rings is 3. The minimum Gasteiger partial charge on any atom is -0.469 e. The molecule has 0 amide bonds.